The molecule has 3 rings (SSSR count). The number of hydrogen-bond donors (Lipinski definition) is 1. The molecule has 0 radical (unpaired) electrons. The van der Waals surface area contributed by atoms with Crippen molar-refractivity contribution < 1.29 is 23.9 Å². The average Bonchev–Trinajstić information content (AvgIpc) is 3.15. The lowest BCUT2D eigenvalue weighted by Gasteiger charge is -2.12. The van der Waals surface area contributed by atoms with E-state index >= 15 is 0 Å². The van der Waals surface area contributed by atoms with Crippen molar-refractivity contribution in [3.63, 3.8) is 0 Å². The summed E-state index contributed by atoms with van der Waals surface area (Å²) in [6.07, 6.45) is 1.13. The van der Waals surface area contributed by atoms with Gasteiger partial charge in [0.05, 0.1) is 31.9 Å². The first-order valence-corrected chi connectivity index (χ1v) is 9.43. The topological polar surface area (TPSA) is 112 Å². The Morgan fingerprint density at radius 1 is 1.17 bits per heavy atom. The Hall–Kier alpha value is -3.75. The number of esters is 2. The lowest BCUT2D eigenvalue weighted by Crippen LogP contribution is -2.19. The van der Waals surface area contributed by atoms with E-state index in [0.29, 0.717) is 5.82 Å². The van der Waals surface area contributed by atoms with Gasteiger partial charge in [-0.05, 0) is 31.5 Å². The molecule has 2 aromatic heterocycles. The minimum absolute atomic E-state index is 0.0848. The van der Waals surface area contributed by atoms with Crippen molar-refractivity contribution in [1.82, 2.24) is 14.8 Å². The van der Waals surface area contributed by atoms with Crippen molar-refractivity contribution >= 4 is 34.6 Å². The van der Waals surface area contributed by atoms with Crippen LogP contribution in [0.1, 0.15) is 35.7 Å². The molecule has 156 valence electrons. The molecule has 0 aliphatic heterocycles. The highest BCUT2D eigenvalue weighted by molar-refractivity contribution is 6.01. The molecule has 0 aliphatic rings. The fraction of sp³-hybridized carbons (Fsp3) is 0.286. The summed E-state index contributed by atoms with van der Waals surface area (Å²) in [7, 11) is 1.25. The minimum atomic E-state index is -0.621. The van der Waals surface area contributed by atoms with Crippen LogP contribution < -0.4 is 5.32 Å². The number of fused-ring (bicyclic) bond motifs is 1. The normalized spacial score (nSPS) is 10.6. The Morgan fingerprint density at radius 2 is 1.93 bits per heavy atom. The number of nitrogens with zero attached hydrogens (tertiary/aromatic N) is 3. The number of benzene rings is 1. The van der Waals surface area contributed by atoms with Crippen LogP contribution >= 0.6 is 0 Å². The number of ether oxygens (including phenoxy) is 2. The molecule has 0 spiro atoms. The van der Waals surface area contributed by atoms with Gasteiger partial charge in [-0.15, -0.1) is 0 Å². The SMILES string of the molecule is CCOC(=O)c1cnn(-c2cc(C)c3ccccc3n2)c1NC(=O)CCC(=O)OC. The Morgan fingerprint density at radius 3 is 2.67 bits per heavy atom. The van der Waals surface area contributed by atoms with Gasteiger partial charge in [0, 0.05) is 11.8 Å². The number of amides is 1. The molecule has 0 fully saturated rings. The number of hydrogen-bond acceptors (Lipinski definition) is 7. The highest BCUT2D eigenvalue weighted by Crippen LogP contribution is 2.24. The van der Waals surface area contributed by atoms with Crippen molar-refractivity contribution in [2.45, 2.75) is 26.7 Å². The first-order chi connectivity index (χ1) is 14.4. The van der Waals surface area contributed by atoms with Crippen LogP contribution in [-0.4, -0.2) is 46.3 Å². The van der Waals surface area contributed by atoms with Gasteiger partial charge in [-0.25, -0.2) is 9.78 Å². The summed E-state index contributed by atoms with van der Waals surface area (Å²) in [6, 6.07) is 9.45. The number of anilines is 1. The molecule has 1 N–H and O–H groups in total. The predicted molar refractivity (Wildman–Crippen MR) is 109 cm³/mol. The van der Waals surface area contributed by atoms with E-state index in [1.165, 1.54) is 18.0 Å². The minimum Gasteiger partial charge on any atom is -0.469 e. The number of methoxy groups -OCH3 is 1. The third-order valence-electron chi connectivity index (χ3n) is 4.43. The fourth-order valence-electron chi connectivity index (χ4n) is 2.95. The number of rotatable bonds is 7. The van der Waals surface area contributed by atoms with Gasteiger partial charge in [0.2, 0.25) is 5.91 Å². The van der Waals surface area contributed by atoms with Gasteiger partial charge >= 0.3 is 11.9 Å². The van der Waals surface area contributed by atoms with E-state index in [1.54, 1.807) is 6.92 Å². The van der Waals surface area contributed by atoms with Crippen molar-refractivity contribution in [3.8, 4) is 5.82 Å². The molecule has 9 nitrogen and oxygen atoms in total. The molecule has 0 bridgehead atoms. The Bertz CT molecular complexity index is 1110. The van der Waals surface area contributed by atoms with Gasteiger partial charge in [-0.1, -0.05) is 18.2 Å². The highest BCUT2D eigenvalue weighted by atomic mass is 16.5. The maximum Gasteiger partial charge on any atom is 0.343 e. The van der Waals surface area contributed by atoms with Crippen LogP contribution in [0, 0.1) is 6.92 Å². The van der Waals surface area contributed by atoms with Crippen LogP contribution in [-0.2, 0) is 19.1 Å². The van der Waals surface area contributed by atoms with Crippen molar-refractivity contribution in [3.05, 3.63) is 47.7 Å². The Balaban J connectivity index is 2.01. The molecule has 30 heavy (non-hydrogen) atoms. The Labute approximate surface area is 173 Å². The Kier molecular flexibility index (Phi) is 6.41. The van der Waals surface area contributed by atoms with E-state index in [0.717, 1.165) is 16.5 Å². The maximum atomic E-state index is 12.4. The van der Waals surface area contributed by atoms with Gasteiger partial charge in [0.15, 0.2) is 11.6 Å². The van der Waals surface area contributed by atoms with Crippen LogP contribution in [0.15, 0.2) is 36.5 Å². The largest absolute Gasteiger partial charge is 0.469 e. The number of aromatic nitrogens is 3. The average molecular weight is 410 g/mol. The van der Waals surface area contributed by atoms with E-state index in [4.69, 9.17) is 4.74 Å². The summed E-state index contributed by atoms with van der Waals surface area (Å²) in [5, 5.41) is 7.89. The second-order valence-electron chi connectivity index (χ2n) is 6.48. The van der Waals surface area contributed by atoms with Crippen LogP contribution in [0.4, 0.5) is 5.82 Å². The number of aryl methyl sites for hydroxylation is 1. The molecular weight excluding hydrogens is 388 g/mol. The number of nitrogens with one attached hydrogen (secondary N) is 1. The van der Waals surface area contributed by atoms with E-state index < -0.39 is 17.8 Å². The van der Waals surface area contributed by atoms with Crippen LogP contribution in [0.5, 0.6) is 0 Å². The molecule has 3 aromatic rings. The second-order valence-corrected chi connectivity index (χ2v) is 6.48. The number of pyridine rings is 1. The van der Waals surface area contributed by atoms with E-state index in [2.05, 4.69) is 20.1 Å². The third-order valence-corrected chi connectivity index (χ3v) is 4.43. The van der Waals surface area contributed by atoms with E-state index in [-0.39, 0.29) is 30.8 Å². The molecule has 0 unspecified atom stereocenters. The highest BCUT2D eigenvalue weighted by Gasteiger charge is 2.22. The molecule has 2 heterocycles. The summed E-state index contributed by atoms with van der Waals surface area (Å²) in [6.45, 7) is 3.80. The molecule has 1 amide bonds. The smallest absolute Gasteiger partial charge is 0.343 e. The maximum absolute atomic E-state index is 12.4. The lowest BCUT2D eigenvalue weighted by molar-refractivity contribution is -0.141. The summed E-state index contributed by atoms with van der Waals surface area (Å²) < 4.78 is 11.0. The second kappa shape index (κ2) is 9.17. The number of carbonyl (C=O) groups is 3. The first-order valence-electron chi connectivity index (χ1n) is 9.43. The van der Waals surface area contributed by atoms with E-state index in [1.807, 2.05) is 37.3 Å². The van der Waals surface area contributed by atoms with Crippen molar-refractivity contribution in [1.29, 1.82) is 0 Å². The molecule has 0 atom stereocenters. The van der Waals surface area contributed by atoms with Crippen molar-refractivity contribution in [2.75, 3.05) is 19.0 Å². The monoisotopic (exact) mass is 410 g/mol. The molecule has 0 aliphatic carbocycles. The van der Waals surface area contributed by atoms with Crippen LogP contribution in [0.3, 0.4) is 0 Å². The summed E-state index contributed by atoms with van der Waals surface area (Å²) in [5.74, 6) is -1.03. The molecule has 0 saturated heterocycles. The summed E-state index contributed by atoms with van der Waals surface area (Å²) >= 11 is 0. The third kappa shape index (κ3) is 4.45. The van der Waals surface area contributed by atoms with Gasteiger partial charge in [-0.2, -0.15) is 9.78 Å². The molecule has 1 aromatic carbocycles. The number of carbonyl (C=O) groups excluding carboxylic acids is 3. The fourth-order valence-corrected chi connectivity index (χ4v) is 2.95. The van der Waals surface area contributed by atoms with Gasteiger partial charge < -0.3 is 14.8 Å². The van der Waals surface area contributed by atoms with Gasteiger partial charge in [-0.3, -0.25) is 9.59 Å². The standard InChI is InChI=1S/C21H22N4O5/c1-4-30-21(28)15-12-22-25(20(15)24-18(26)9-10-19(27)29-3)17-11-13(2)14-7-5-6-8-16(14)23-17/h5-8,11-12H,4,9-10H2,1-3H3,(H,24,26). The number of para-hydroxylation sites is 1. The zero-order valence-electron chi connectivity index (χ0n) is 17.0. The summed E-state index contributed by atoms with van der Waals surface area (Å²) in [4.78, 5) is 40.7. The first kappa shape index (κ1) is 21.0. The van der Waals surface area contributed by atoms with Crippen molar-refractivity contribution in [2.24, 2.45) is 0 Å². The van der Waals surface area contributed by atoms with Gasteiger partial charge in [0.1, 0.15) is 5.56 Å². The van der Waals surface area contributed by atoms with Crippen LogP contribution in [0.2, 0.25) is 0 Å². The van der Waals surface area contributed by atoms with Crippen LogP contribution in [0.25, 0.3) is 16.7 Å². The summed E-state index contributed by atoms with van der Waals surface area (Å²) in [5.41, 5.74) is 1.81. The molecular formula is C21H22N4O5. The zero-order chi connectivity index (χ0) is 21.7. The van der Waals surface area contributed by atoms with Gasteiger partial charge in [0.25, 0.3) is 0 Å². The predicted octanol–water partition coefficient (Wildman–Crippen LogP) is 2.80. The molecule has 0 saturated carbocycles. The quantitative estimate of drug-likeness (QED) is 0.596. The molecule has 9 heteroatoms. The van der Waals surface area contributed by atoms with E-state index in [9.17, 15) is 14.4 Å². The lowest BCUT2D eigenvalue weighted by atomic mass is 10.1. The zero-order valence-corrected chi connectivity index (χ0v) is 17.0.